The van der Waals surface area contributed by atoms with Crippen LogP contribution in [0.1, 0.15) is 103 Å². The molecular weight excluding hydrogens is 280 g/mol. The Labute approximate surface area is 144 Å². The lowest BCUT2D eigenvalue weighted by molar-refractivity contribution is 0.342. The standard InChI is InChI=1S/C21H38N2/c1-6-9-11-13-15-17-21(4,16-14-12-10-7-2)20-18-19(8-3)22-23(20)5/h8,18H,3,6-7,9-17H2,1-2,4-5H3. The van der Waals surface area contributed by atoms with Crippen LogP contribution in [-0.2, 0) is 12.5 Å². The van der Waals surface area contributed by atoms with Crippen molar-refractivity contribution in [2.24, 2.45) is 7.05 Å². The van der Waals surface area contributed by atoms with Crippen LogP contribution in [0, 0.1) is 0 Å². The smallest absolute Gasteiger partial charge is 0.0848 e. The molecule has 1 atom stereocenters. The minimum atomic E-state index is 0.253. The zero-order valence-corrected chi connectivity index (χ0v) is 16.0. The van der Waals surface area contributed by atoms with E-state index in [2.05, 4.69) is 50.2 Å². The summed E-state index contributed by atoms with van der Waals surface area (Å²) in [6.07, 6.45) is 16.5. The summed E-state index contributed by atoms with van der Waals surface area (Å²) < 4.78 is 2.09. The van der Waals surface area contributed by atoms with Crippen LogP contribution in [0.15, 0.2) is 12.6 Å². The predicted octanol–water partition coefficient (Wildman–Crippen LogP) is 6.65. The van der Waals surface area contributed by atoms with Crippen molar-refractivity contribution in [1.82, 2.24) is 9.78 Å². The van der Waals surface area contributed by atoms with E-state index in [1.165, 1.54) is 76.3 Å². The summed E-state index contributed by atoms with van der Waals surface area (Å²) in [4.78, 5) is 0. The summed E-state index contributed by atoms with van der Waals surface area (Å²) in [5.41, 5.74) is 2.65. The molecule has 1 unspecified atom stereocenters. The molecule has 0 fully saturated rings. The molecule has 0 spiro atoms. The predicted molar refractivity (Wildman–Crippen MR) is 103 cm³/mol. The molecule has 0 N–H and O–H groups in total. The summed E-state index contributed by atoms with van der Waals surface area (Å²) in [6.45, 7) is 10.9. The van der Waals surface area contributed by atoms with Crippen LogP contribution in [0.2, 0.25) is 0 Å². The average molecular weight is 319 g/mol. The number of aryl methyl sites for hydroxylation is 1. The monoisotopic (exact) mass is 318 g/mol. The van der Waals surface area contributed by atoms with Crippen LogP contribution < -0.4 is 0 Å². The molecular formula is C21H38N2. The molecule has 1 rings (SSSR count). The molecule has 2 nitrogen and oxygen atoms in total. The highest BCUT2D eigenvalue weighted by Crippen LogP contribution is 2.35. The third-order valence-corrected chi connectivity index (χ3v) is 5.14. The fraction of sp³-hybridized carbons (Fsp3) is 0.762. The van der Waals surface area contributed by atoms with E-state index in [-0.39, 0.29) is 5.41 Å². The van der Waals surface area contributed by atoms with Crippen LogP contribution in [0.25, 0.3) is 6.08 Å². The third kappa shape index (κ3) is 6.53. The summed E-state index contributed by atoms with van der Waals surface area (Å²) in [6, 6.07) is 2.25. The van der Waals surface area contributed by atoms with Gasteiger partial charge in [-0.05, 0) is 25.0 Å². The van der Waals surface area contributed by atoms with Gasteiger partial charge < -0.3 is 0 Å². The van der Waals surface area contributed by atoms with Crippen molar-refractivity contribution in [3.05, 3.63) is 24.0 Å². The van der Waals surface area contributed by atoms with E-state index in [0.29, 0.717) is 0 Å². The van der Waals surface area contributed by atoms with Gasteiger partial charge in [0, 0.05) is 18.2 Å². The minimum Gasteiger partial charge on any atom is -0.272 e. The van der Waals surface area contributed by atoms with E-state index < -0.39 is 0 Å². The van der Waals surface area contributed by atoms with Gasteiger partial charge in [-0.3, -0.25) is 4.68 Å². The van der Waals surface area contributed by atoms with E-state index in [1.807, 2.05) is 6.08 Å². The summed E-state index contributed by atoms with van der Waals surface area (Å²) in [5.74, 6) is 0. The molecule has 1 heterocycles. The topological polar surface area (TPSA) is 17.8 Å². The Morgan fingerprint density at radius 2 is 1.52 bits per heavy atom. The first kappa shape index (κ1) is 20.0. The van der Waals surface area contributed by atoms with Crippen molar-refractivity contribution in [2.45, 2.75) is 96.8 Å². The Morgan fingerprint density at radius 3 is 2.00 bits per heavy atom. The lowest BCUT2D eigenvalue weighted by atomic mass is 9.76. The maximum atomic E-state index is 4.60. The molecule has 2 heteroatoms. The molecule has 0 radical (unpaired) electrons. The first-order valence-corrected chi connectivity index (χ1v) is 9.74. The molecule has 1 aromatic heterocycles. The van der Waals surface area contributed by atoms with Gasteiger partial charge in [0.2, 0.25) is 0 Å². The molecule has 0 aromatic carbocycles. The number of nitrogens with zero attached hydrogens (tertiary/aromatic N) is 2. The lowest BCUT2D eigenvalue weighted by Crippen LogP contribution is -2.25. The third-order valence-electron chi connectivity index (χ3n) is 5.14. The summed E-state index contributed by atoms with van der Waals surface area (Å²) >= 11 is 0. The number of hydrogen-bond acceptors (Lipinski definition) is 1. The second-order valence-electron chi connectivity index (χ2n) is 7.32. The van der Waals surface area contributed by atoms with Gasteiger partial charge in [0.1, 0.15) is 0 Å². The fourth-order valence-corrected chi connectivity index (χ4v) is 3.60. The number of aromatic nitrogens is 2. The van der Waals surface area contributed by atoms with Gasteiger partial charge in [-0.2, -0.15) is 5.10 Å². The van der Waals surface area contributed by atoms with Gasteiger partial charge in [-0.15, -0.1) is 0 Å². The van der Waals surface area contributed by atoms with Crippen molar-refractivity contribution < 1.29 is 0 Å². The highest BCUT2D eigenvalue weighted by atomic mass is 15.3. The molecule has 0 aliphatic rings. The Morgan fingerprint density at radius 1 is 1.00 bits per heavy atom. The Bertz CT molecular complexity index is 447. The second-order valence-corrected chi connectivity index (χ2v) is 7.32. The number of unbranched alkanes of at least 4 members (excludes halogenated alkanes) is 7. The first-order chi connectivity index (χ1) is 11.1. The zero-order chi connectivity index (χ0) is 17.1. The van der Waals surface area contributed by atoms with Crippen LogP contribution in [-0.4, -0.2) is 9.78 Å². The molecule has 0 amide bonds. The first-order valence-electron chi connectivity index (χ1n) is 9.74. The van der Waals surface area contributed by atoms with Crippen molar-refractivity contribution in [3.8, 4) is 0 Å². The Balaban J connectivity index is 2.73. The van der Waals surface area contributed by atoms with E-state index in [9.17, 15) is 0 Å². The van der Waals surface area contributed by atoms with E-state index >= 15 is 0 Å². The van der Waals surface area contributed by atoms with Gasteiger partial charge in [0.05, 0.1) is 5.69 Å². The van der Waals surface area contributed by atoms with Gasteiger partial charge in [-0.25, -0.2) is 0 Å². The van der Waals surface area contributed by atoms with E-state index in [1.54, 1.807) is 0 Å². The van der Waals surface area contributed by atoms with Crippen molar-refractivity contribution in [1.29, 1.82) is 0 Å². The minimum absolute atomic E-state index is 0.253. The fourth-order valence-electron chi connectivity index (χ4n) is 3.60. The average Bonchev–Trinajstić information content (AvgIpc) is 2.93. The quantitative estimate of drug-likeness (QED) is 0.372. The van der Waals surface area contributed by atoms with Crippen molar-refractivity contribution in [2.75, 3.05) is 0 Å². The van der Waals surface area contributed by atoms with Gasteiger partial charge >= 0.3 is 0 Å². The highest BCUT2D eigenvalue weighted by molar-refractivity contribution is 5.43. The summed E-state index contributed by atoms with van der Waals surface area (Å²) in [5, 5.41) is 4.60. The lowest BCUT2D eigenvalue weighted by Gasteiger charge is -2.30. The molecule has 0 saturated carbocycles. The second kappa shape index (κ2) is 10.7. The van der Waals surface area contributed by atoms with E-state index in [4.69, 9.17) is 0 Å². The molecule has 0 aliphatic carbocycles. The van der Waals surface area contributed by atoms with Crippen molar-refractivity contribution >= 4 is 6.08 Å². The molecule has 132 valence electrons. The van der Waals surface area contributed by atoms with E-state index in [0.717, 1.165) is 5.69 Å². The van der Waals surface area contributed by atoms with Crippen LogP contribution in [0.5, 0.6) is 0 Å². The molecule has 0 saturated heterocycles. The number of hydrogen-bond donors (Lipinski definition) is 0. The zero-order valence-electron chi connectivity index (χ0n) is 16.0. The molecule has 23 heavy (non-hydrogen) atoms. The molecule has 0 aliphatic heterocycles. The summed E-state index contributed by atoms with van der Waals surface area (Å²) in [7, 11) is 2.09. The molecule has 1 aromatic rings. The SMILES string of the molecule is C=Cc1cc(C(C)(CCCCCC)CCCCCCC)n(C)n1. The Kier molecular flexibility index (Phi) is 9.28. The van der Waals surface area contributed by atoms with Crippen molar-refractivity contribution in [3.63, 3.8) is 0 Å². The highest BCUT2D eigenvalue weighted by Gasteiger charge is 2.29. The largest absolute Gasteiger partial charge is 0.272 e. The number of rotatable bonds is 13. The maximum absolute atomic E-state index is 4.60. The Hall–Kier alpha value is -1.05. The van der Waals surface area contributed by atoms with Gasteiger partial charge in [-0.1, -0.05) is 85.1 Å². The van der Waals surface area contributed by atoms with Crippen LogP contribution >= 0.6 is 0 Å². The normalized spacial score (nSPS) is 13.9. The van der Waals surface area contributed by atoms with Crippen LogP contribution in [0.4, 0.5) is 0 Å². The van der Waals surface area contributed by atoms with Gasteiger partial charge in [0.25, 0.3) is 0 Å². The molecule has 0 bridgehead atoms. The van der Waals surface area contributed by atoms with Gasteiger partial charge in [0.15, 0.2) is 0 Å². The maximum Gasteiger partial charge on any atom is 0.0848 e. The van der Waals surface area contributed by atoms with Crippen LogP contribution in [0.3, 0.4) is 0 Å².